The minimum atomic E-state index is -0.152. The summed E-state index contributed by atoms with van der Waals surface area (Å²) in [4.78, 5) is 15.9. The first-order chi connectivity index (χ1) is 13.6. The zero-order chi connectivity index (χ0) is 20.2. The number of hydrogen-bond donors (Lipinski definition) is 3. The van der Waals surface area contributed by atoms with Gasteiger partial charge in [0.05, 0.1) is 0 Å². The molecule has 0 heterocycles. The normalized spacial score (nSPS) is 11.2. The van der Waals surface area contributed by atoms with Crippen molar-refractivity contribution >= 4 is 23.6 Å². The molecule has 2 aromatic carbocycles. The lowest BCUT2D eigenvalue weighted by Crippen LogP contribution is -2.39. The predicted molar refractivity (Wildman–Crippen MR) is 115 cm³/mol. The van der Waals surface area contributed by atoms with Crippen LogP contribution >= 0.6 is 11.8 Å². The van der Waals surface area contributed by atoms with Gasteiger partial charge in [-0.1, -0.05) is 30.3 Å². The molecule has 0 atom stereocenters. The van der Waals surface area contributed by atoms with Crippen LogP contribution in [-0.4, -0.2) is 44.8 Å². The molecule has 0 aromatic heterocycles. The van der Waals surface area contributed by atoms with Gasteiger partial charge in [-0.05, 0) is 35.7 Å². The van der Waals surface area contributed by atoms with Crippen molar-refractivity contribution in [1.82, 2.24) is 16.0 Å². The molecule has 0 saturated heterocycles. The van der Waals surface area contributed by atoms with E-state index in [-0.39, 0.29) is 11.7 Å². The molecule has 0 aliphatic rings. The first-order valence-corrected chi connectivity index (χ1v) is 10.4. The van der Waals surface area contributed by atoms with E-state index in [2.05, 4.69) is 20.9 Å². The average molecular weight is 403 g/mol. The van der Waals surface area contributed by atoms with E-state index in [1.165, 1.54) is 6.07 Å². The molecule has 2 rings (SSSR count). The maximum Gasteiger partial charge on any atom is 0.251 e. The third-order valence-corrected chi connectivity index (χ3v) is 5.11. The van der Waals surface area contributed by atoms with Gasteiger partial charge < -0.3 is 16.0 Å². The first kappa shape index (κ1) is 21.8. The Labute approximate surface area is 170 Å². The number of amides is 1. The van der Waals surface area contributed by atoms with Gasteiger partial charge in [0.2, 0.25) is 0 Å². The highest BCUT2D eigenvalue weighted by atomic mass is 32.2. The molecule has 0 fully saturated rings. The van der Waals surface area contributed by atoms with Crippen molar-refractivity contribution in [2.45, 2.75) is 12.2 Å². The number of benzene rings is 2. The van der Waals surface area contributed by atoms with E-state index in [0.29, 0.717) is 17.9 Å². The first-order valence-electron chi connectivity index (χ1n) is 9.20. The largest absolute Gasteiger partial charge is 0.356 e. The van der Waals surface area contributed by atoms with Crippen LogP contribution in [0.1, 0.15) is 21.5 Å². The standard InChI is InChI=1S/C21H27FN4OS/c1-23-20(27)17-8-5-6-16(14-17)10-11-25-21(24-2)26-12-13-28-15-18-7-3-4-9-19(18)22/h3-9,14H,10-13,15H2,1-2H3,(H,23,27)(H2,24,25,26). The van der Waals surface area contributed by atoms with Crippen molar-refractivity contribution in [2.75, 3.05) is 32.9 Å². The second kappa shape index (κ2) is 12.0. The summed E-state index contributed by atoms with van der Waals surface area (Å²) in [5.74, 6) is 2.00. The van der Waals surface area contributed by atoms with Crippen molar-refractivity contribution in [2.24, 2.45) is 4.99 Å². The molecule has 0 unspecified atom stereocenters. The zero-order valence-electron chi connectivity index (χ0n) is 16.3. The number of halogens is 1. The van der Waals surface area contributed by atoms with Crippen molar-refractivity contribution in [3.05, 3.63) is 71.0 Å². The van der Waals surface area contributed by atoms with Crippen molar-refractivity contribution in [3.63, 3.8) is 0 Å². The smallest absolute Gasteiger partial charge is 0.251 e. The second-order valence-corrected chi connectivity index (χ2v) is 7.20. The summed E-state index contributed by atoms with van der Waals surface area (Å²) in [5.41, 5.74) is 2.48. The van der Waals surface area contributed by atoms with Crippen molar-refractivity contribution in [1.29, 1.82) is 0 Å². The molecule has 3 N–H and O–H groups in total. The van der Waals surface area contributed by atoms with E-state index >= 15 is 0 Å². The van der Waals surface area contributed by atoms with E-state index in [9.17, 15) is 9.18 Å². The van der Waals surface area contributed by atoms with Crippen LogP contribution in [0.15, 0.2) is 53.5 Å². The van der Waals surface area contributed by atoms with Crippen LogP contribution < -0.4 is 16.0 Å². The minimum absolute atomic E-state index is 0.0832. The number of carbonyl (C=O) groups excluding carboxylic acids is 1. The van der Waals surface area contributed by atoms with Crippen LogP contribution in [0.5, 0.6) is 0 Å². The molecule has 0 spiro atoms. The number of hydrogen-bond acceptors (Lipinski definition) is 3. The number of aliphatic imine (C=N–C) groups is 1. The Hall–Kier alpha value is -2.54. The van der Waals surface area contributed by atoms with Crippen LogP contribution in [0.4, 0.5) is 4.39 Å². The lowest BCUT2D eigenvalue weighted by atomic mass is 10.1. The molecule has 28 heavy (non-hydrogen) atoms. The molecule has 1 amide bonds. The molecule has 150 valence electrons. The highest BCUT2D eigenvalue weighted by Crippen LogP contribution is 2.14. The topological polar surface area (TPSA) is 65.5 Å². The summed E-state index contributed by atoms with van der Waals surface area (Å²) in [6, 6.07) is 14.5. The van der Waals surface area contributed by atoms with Crippen molar-refractivity contribution in [3.8, 4) is 0 Å². The SMILES string of the molecule is CN=C(NCCSCc1ccccc1F)NCCc1cccc(C(=O)NC)c1. The minimum Gasteiger partial charge on any atom is -0.356 e. The zero-order valence-corrected chi connectivity index (χ0v) is 17.1. The molecular weight excluding hydrogens is 375 g/mol. The quantitative estimate of drug-likeness (QED) is 0.343. The number of rotatable bonds is 9. The number of thioether (sulfide) groups is 1. The maximum absolute atomic E-state index is 13.6. The molecule has 2 aromatic rings. The molecule has 0 bridgehead atoms. The van der Waals surface area contributed by atoms with Crippen LogP contribution in [0.2, 0.25) is 0 Å². The number of nitrogens with one attached hydrogen (secondary N) is 3. The summed E-state index contributed by atoms with van der Waals surface area (Å²) < 4.78 is 13.6. The highest BCUT2D eigenvalue weighted by molar-refractivity contribution is 7.98. The average Bonchev–Trinajstić information content (AvgIpc) is 2.73. The molecule has 0 saturated carbocycles. The van der Waals surface area contributed by atoms with Crippen LogP contribution in [0.3, 0.4) is 0 Å². The molecule has 0 radical (unpaired) electrons. The third-order valence-electron chi connectivity index (χ3n) is 4.10. The van der Waals surface area contributed by atoms with Gasteiger partial charge in [-0.15, -0.1) is 0 Å². The van der Waals surface area contributed by atoms with Crippen LogP contribution in [0.25, 0.3) is 0 Å². The summed E-state index contributed by atoms with van der Waals surface area (Å²) in [6.45, 7) is 1.45. The lowest BCUT2D eigenvalue weighted by molar-refractivity contribution is 0.0963. The second-order valence-electron chi connectivity index (χ2n) is 6.10. The summed E-state index contributed by atoms with van der Waals surface area (Å²) in [5, 5.41) is 9.16. The van der Waals surface area contributed by atoms with E-state index in [4.69, 9.17) is 0 Å². The molecule has 5 nitrogen and oxygen atoms in total. The fourth-order valence-electron chi connectivity index (χ4n) is 2.60. The van der Waals surface area contributed by atoms with E-state index in [0.717, 1.165) is 35.8 Å². The summed E-state index contributed by atoms with van der Waals surface area (Å²) in [7, 11) is 3.36. The van der Waals surface area contributed by atoms with E-state index < -0.39 is 0 Å². The van der Waals surface area contributed by atoms with Gasteiger partial charge in [-0.25, -0.2) is 4.39 Å². The monoisotopic (exact) mass is 402 g/mol. The fourth-order valence-corrected chi connectivity index (χ4v) is 3.44. The van der Waals surface area contributed by atoms with Gasteiger partial charge in [-0.3, -0.25) is 9.79 Å². The van der Waals surface area contributed by atoms with Crippen molar-refractivity contribution < 1.29 is 9.18 Å². The van der Waals surface area contributed by atoms with E-state index in [1.54, 1.807) is 38.0 Å². The maximum atomic E-state index is 13.6. The Morgan fingerprint density at radius 1 is 1.11 bits per heavy atom. The van der Waals surface area contributed by atoms with Gasteiger partial charge in [0.25, 0.3) is 5.91 Å². The van der Waals surface area contributed by atoms with Crippen LogP contribution in [0, 0.1) is 5.82 Å². The van der Waals surface area contributed by atoms with E-state index in [1.807, 2.05) is 30.3 Å². The van der Waals surface area contributed by atoms with Gasteiger partial charge in [0.1, 0.15) is 5.82 Å². The Balaban J connectivity index is 1.66. The molecule has 0 aliphatic heterocycles. The Bertz CT molecular complexity index is 797. The lowest BCUT2D eigenvalue weighted by Gasteiger charge is -2.12. The number of nitrogens with zero attached hydrogens (tertiary/aromatic N) is 1. The predicted octanol–water partition coefficient (Wildman–Crippen LogP) is 2.83. The Morgan fingerprint density at radius 3 is 2.64 bits per heavy atom. The van der Waals surface area contributed by atoms with Gasteiger partial charge >= 0.3 is 0 Å². The number of carbonyl (C=O) groups is 1. The number of guanidine groups is 1. The molecule has 0 aliphatic carbocycles. The van der Waals surface area contributed by atoms with Gasteiger partial charge in [-0.2, -0.15) is 11.8 Å². The Kier molecular flexibility index (Phi) is 9.34. The molecular formula is C21H27FN4OS. The highest BCUT2D eigenvalue weighted by Gasteiger charge is 2.04. The summed E-state index contributed by atoms with van der Waals surface area (Å²) >= 11 is 1.68. The van der Waals surface area contributed by atoms with Gasteiger partial charge in [0, 0.05) is 44.3 Å². The Morgan fingerprint density at radius 2 is 1.89 bits per heavy atom. The third kappa shape index (κ3) is 7.23. The summed E-state index contributed by atoms with van der Waals surface area (Å²) in [6.07, 6.45) is 0.785. The van der Waals surface area contributed by atoms with Crippen LogP contribution in [-0.2, 0) is 12.2 Å². The van der Waals surface area contributed by atoms with Gasteiger partial charge in [0.15, 0.2) is 5.96 Å². The molecule has 7 heteroatoms. The fraction of sp³-hybridized carbons (Fsp3) is 0.333.